The lowest BCUT2D eigenvalue weighted by atomic mass is 9.95. The molecular weight excluding hydrogens is 282 g/mol. The van der Waals surface area contributed by atoms with Gasteiger partial charge in [-0.1, -0.05) is 41.9 Å². The van der Waals surface area contributed by atoms with Crippen molar-refractivity contribution in [1.29, 1.82) is 0 Å². The number of aliphatic hydroxyl groups excluding tert-OH is 2. The number of benzene rings is 1. The summed E-state index contributed by atoms with van der Waals surface area (Å²) in [7, 11) is 0. The Morgan fingerprint density at radius 2 is 2.12 bits per heavy atom. The van der Waals surface area contributed by atoms with Crippen LogP contribution in [0.1, 0.15) is 25.5 Å². The van der Waals surface area contributed by atoms with Crippen LogP contribution < -0.4 is 5.32 Å². The van der Waals surface area contributed by atoms with Gasteiger partial charge in [-0.2, -0.15) is 0 Å². The maximum atomic E-state index is 9.97. The van der Waals surface area contributed by atoms with E-state index in [0.29, 0.717) is 13.1 Å². The Labute approximate surface area is 111 Å². The molecule has 0 aliphatic rings. The van der Waals surface area contributed by atoms with E-state index in [9.17, 15) is 5.11 Å². The average Bonchev–Trinajstić information content (AvgIpc) is 2.28. The smallest absolute Gasteiger partial charge is 0.0914 e. The van der Waals surface area contributed by atoms with Crippen molar-refractivity contribution in [3.8, 4) is 0 Å². The Balaban J connectivity index is 2.42. The van der Waals surface area contributed by atoms with E-state index >= 15 is 0 Å². The highest BCUT2D eigenvalue weighted by Gasteiger charge is 2.16. The van der Waals surface area contributed by atoms with Gasteiger partial charge in [0.05, 0.1) is 6.10 Å². The van der Waals surface area contributed by atoms with Crippen molar-refractivity contribution in [3.05, 3.63) is 34.3 Å². The topological polar surface area (TPSA) is 52.5 Å². The molecule has 1 rings (SSSR count). The second-order valence-corrected chi connectivity index (χ2v) is 5.94. The van der Waals surface area contributed by atoms with Crippen LogP contribution in [0.15, 0.2) is 28.7 Å². The second kappa shape index (κ2) is 6.50. The molecule has 1 aromatic carbocycles. The summed E-state index contributed by atoms with van der Waals surface area (Å²) in [5.41, 5.74) is 0.727. The van der Waals surface area contributed by atoms with E-state index in [1.54, 1.807) is 0 Å². The molecule has 0 radical (unpaired) electrons. The normalized spacial score (nSPS) is 13.7. The summed E-state index contributed by atoms with van der Waals surface area (Å²) in [5.74, 6) is 0. The molecule has 0 saturated heterocycles. The molecule has 0 heterocycles. The van der Waals surface area contributed by atoms with E-state index in [2.05, 4.69) is 21.2 Å². The first-order valence-corrected chi connectivity index (χ1v) is 6.49. The molecule has 17 heavy (non-hydrogen) atoms. The van der Waals surface area contributed by atoms with Gasteiger partial charge in [0.2, 0.25) is 0 Å². The van der Waals surface area contributed by atoms with Crippen LogP contribution in [0, 0.1) is 5.41 Å². The fourth-order valence-electron chi connectivity index (χ4n) is 1.43. The minimum atomic E-state index is -0.526. The lowest BCUT2D eigenvalue weighted by Gasteiger charge is -2.23. The van der Waals surface area contributed by atoms with E-state index in [1.165, 1.54) is 0 Å². The Morgan fingerprint density at radius 1 is 1.41 bits per heavy atom. The molecule has 0 amide bonds. The summed E-state index contributed by atoms with van der Waals surface area (Å²) >= 11 is 3.38. The van der Waals surface area contributed by atoms with Crippen molar-refractivity contribution in [3.63, 3.8) is 0 Å². The molecule has 3 nitrogen and oxygen atoms in total. The number of halogens is 1. The van der Waals surface area contributed by atoms with E-state index in [4.69, 9.17) is 5.11 Å². The third-order valence-corrected chi connectivity index (χ3v) is 3.10. The van der Waals surface area contributed by atoms with Crippen LogP contribution in [0.2, 0.25) is 0 Å². The first-order valence-electron chi connectivity index (χ1n) is 5.70. The van der Waals surface area contributed by atoms with Crippen molar-refractivity contribution in [2.75, 3.05) is 19.7 Å². The summed E-state index contributed by atoms with van der Waals surface area (Å²) in [6.07, 6.45) is -0.526. The van der Waals surface area contributed by atoms with Crippen LogP contribution in [-0.2, 0) is 0 Å². The molecule has 1 atom stereocenters. The zero-order valence-electron chi connectivity index (χ0n) is 10.3. The zero-order valence-corrected chi connectivity index (χ0v) is 11.9. The predicted octanol–water partition coefficient (Wildman–Crippen LogP) is 2.09. The van der Waals surface area contributed by atoms with Crippen LogP contribution in [0.5, 0.6) is 0 Å². The van der Waals surface area contributed by atoms with Crippen LogP contribution in [0.25, 0.3) is 0 Å². The maximum absolute atomic E-state index is 9.97. The molecule has 0 fully saturated rings. The average molecular weight is 302 g/mol. The van der Waals surface area contributed by atoms with Gasteiger partial charge >= 0.3 is 0 Å². The molecule has 0 spiro atoms. The van der Waals surface area contributed by atoms with E-state index in [0.717, 1.165) is 10.0 Å². The molecule has 4 heteroatoms. The van der Waals surface area contributed by atoms with Gasteiger partial charge in [0, 0.05) is 29.6 Å². The summed E-state index contributed by atoms with van der Waals surface area (Å²) in [6.45, 7) is 5.25. The number of aliphatic hydroxyl groups is 2. The van der Waals surface area contributed by atoms with Crippen LogP contribution in [0.4, 0.5) is 0 Å². The Kier molecular flexibility index (Phi) is 5.59. The molecule has 0 aromatic heterocycles. The van der Waals surface area contributed by atoms with E-state index in [-0.39, 0.29) is 12.0 Å². The third kappa shape index (κ3) is 5.17. The van der Waals surface area contributed by atoms with Crippen LogP contribution in [0.3, 0.4) is 0 Å². The van der Waals surface area contributed by atoms with E-state index in [1.807, 2.05) is 38.1 Å². The van der Waals surface area contributed by atoms with Crippen molar-refractivity contribution in [2.24, 2.45) is 5.41 Å². The Hall–Kier alpha value is -0.420. The second-order valence-electron chi connectivity index (χ2n) is 5.02. The minimum Gasteiger partial charge on any atom is -0.396 e. The molecule has 0 bridgehead atoms. The number of hydrogen-bond acceptors (Lipinski definition) is 3. The first kappa shape index (κ1) is 14.6. The number of hydrogen-bond donors (Lipinski definition) is 3. The maximum Gasteiger partial charge on any atom is 0.0914 e. The highest BCUT2D eigenvalue weighted by atomic mass is 79.9. The molecule has 96 valence electrons. The molecule has 3 N–H and O–H groups in total. The highest BCUT2D eigenvalue weighted by molar-refractivity contribution is 9.10. The van der Waals surface area contributed by atoms with Crippen molar-refractivity contribution >= 4 is 15.9 Å². The largest absolute Gasteiger partial charge is 0.396 e. The zero-order chi connectivity index (χ0) is 12.9. The van der Waals surface area contributed by atoms with Gasteiger partial charge in [-0.3, -0.25) is 0 Å². The third-order valence-electron chi connectivity index (χ3n) is 2.60. The predicted molar refractivity (Wildman–Crippen MR) is 72.8 cm³/mol. The molecule has 1 unspecified atom stereocenters. The van der Waals surface area contributed by atoms with Crippen molar-refractivity contribution in [1.82, 2.24) is 5.32 Å². The van der Waals surface area contributed by atoms with Gasteiger partial charge in [0.15, 0.2) is 0 Å². The van der Waals surface area contributed by atoms with Crippen molar-refractivity contribution in [2.45, 2.75) is 20.0 Å². The molecule has 0 aliphatic heterocycles. The number of nitrogens with one attached hydrogen (secondary N) is 1. The van der Waals surface area contributed by atoms with Gasteiger partial charge in [-0.05, 0) is 17.7 Å². The standard InChI is InChI=1S/C13H20BrNO2/c1-13(2,9-16)8-15-7-12(17)10-4-3-5-11(14)6-10/h3-6,12,15-17H,7-9H2,1-2H3. The fourth-order valence-corrected chi connectivity index (χ4v) is 1.85. The lowest BCUT2D eigenvalue weighted by molar-refractivity contribution is 0.138. The summed E-state index contributed by atoms with van der Waals surface area (Å²) in [4.78, 5) is 0. The summed E-state index contributed by atoms with van der Waals surface area (Å²) in [6, 6.07) is 7.64. The van der Waals surface area contributed by atoms with Gasteiger partial charge < -0.3 is 15.5 Å². The van der Waals surface area contributed by atoms with Gasteiger partial charge in [0.1, 0.15) is 0 Å². The molecule has 0 aliphatic carbocycles. The lowest BCUT2D eigenvalue weighted by Crippen LogP contribution is -2.34. The van der Waals surface area contributed by atoms with Gasteiger partial charge in [-0.25, -0.2) is 0 Å². The summed E-state index contributed by atoms with van der Waals surface area (Å²) in [5, 5.41) is 22.2. The fraction of sp³-hybridized carbons (Fsp3) is 0.538. The van der Waals surface area contributed by atoms with E-state index < -0.39 is 6.10 Å². The van der Waals surface area contributed by atoms with Crippen molar-refractivity contribution < 1.29 is 10.2 Å². The Bertz CT molecular complexity index is 355. The SMILES string of the molecule is CC(C)(CO)CNCC(O)c1cccc(Br)c1. The monoisotopic (exact) mass is 301 g/mol. The number of rotatable bonds is 6. The molecule has 0 saturated carbocycles. The first-order chi connectivity index (χ1) is 7.94. The van der Waals surface area contributed by atoms with Crippen LogP contribution >= 0.6 is 15.9 Å². The van der Waals surface area contributed by atoms with Crippen LogP contribution in [-0.4, -0.2) is 29.9 Å². The molecule has 1 aromatic rings. The minimum absolute atomic E-state index is 0.132. The quantitative estimate of drug-likeness (QED) is 0.754. The van der Waals surface area contributed by atoms with Gasteiger partial charge in [-0.15, -0.1) is 0 Å². The Morgan fingerprint density at radius 3 is 2.71 bits per heavy atom. The summed E-state index contributed by atoms with van der Waals surface area (Å²) < 4.78 is 0.963. The molecular formula is C13H20BrNO2. The highest BCUT2D eigenvalue weighted by Crippen LogP contribution is 2.18. The van der Waals surface area contributed by atoms with Gasteiger partial charge in [0.25, 0.3) is 0 Å².